The Labute approximate surface area is 189 Å². The fourth-order valence-electron chi connectivity index (χ4n) is 3.03. The Bertz CT molecular complexity index is 1350. The van der Waals surface area contributed by atoms with Gasteiger partial charge in [-0.05, 0) is 66.6 Å². The summed E-state index contributed by atoms with van der Waals surface area (Å²) in [6.45, 7) is 2.06. The van der Waals surface area contributed by atoms with E-state index < -0.39 is 10.0 Å². The first-order chi connectivity index (χ1) is 14.9. The molecular formula is C22H18ClN3O3S2. The van der Waals surface area contributed by atoms with Gasteiger partial charge in [0, 0.05) is 16.3 Å². The van der Waals surface area contributed by atoms with E-state index >= 15 is 0 Å². The number of benzene rings is 3. The van der Waals surface area contributed by atoms with Crippen molar-refractivity contribution in [1.29, 1.82) is 0 Å². The lowest BCUT2D eigenvalue weighted by Gasteiger charge is -2.09. The van der Waals surface area contributed by atoms with Crippen molar-refractivity contribution in [2.45, 2.75) is 18.2 Å². The highest BCUT2D eigenvalue weighted by molar-refractivity contribution is 7.92. The molecule has 1 heterocycles. The summed E-state index contributed by atoms with van der Waals surface area (Å²) in [5, 5.41) is 3.79. The van der Waals surface area contributed by atoms with Gasteiger partial charge >= 0.3 is 0 Å². The van der Waals surface area contributed by atoms with E-state index in [1.165, 1.54) is 47.7 Å². The number of hydrogen-bond donors (Lipinski definition) is 2. The van der Waals surface area contributed by atoms with E-state index in [1.807, 2.05) is 18.2 Å². The average molecular weight is 472 g/mol. The van der Waals surface area contributed by atoms with Gasteiger partial charge in [0.25, 0.3) is 15.9 Å². The van der Waals surface area contributed by atoms with Gasteiger partial charge in [-0.15, -0.1) is 0 Å². The Morgan fingerprint density at radius 1 is 1.03 bits per heavy atom. The number of carbonyl (C=O) groups excluding carboxylic acids is 1. The van der Waals surface area contributed by atoms with E-state index in [0.717, 1.165) is 22.2 Å². The molecule has 158 valence electrons. The Hall–Kier alpha value is -2.94. The highest BCUT2D eigenvalue weighted by Gasteiger charge is 2.15. The van der Waals surface area contributed by atoms with Crippen LogP contribution >= 0.6 is 22.9 Å². The third-order valence-corrected chi connectivity index (χ3v) is 7.21. The van der Waals surface area contributed by atoms with Crippen LogP contribution in [0.15, 0.2) is 71.6 Å². The molecular weight excluding hydrogens is 454 g/mol. The molecule has 31 heavy (non-hydrogen) atoms. The van der Waals surface area contributed by atoms with E-state index in [2.05, 4.69) is 21.9 Å². The lowest BCUT2D eigenvalue weighted by Crippen LogP contribution is -2.14. The quantitative estimate of drug-likeness (QED) is 0.385. The molecule has 0 fully saturated rings. The number of sulfonamides is 1. The van der Waals surface area contributed by atoms with Gasteiger partial charge in [0.05, 0.1) is 15.1 Å². The monoisotopic (exact) mass is 471 g/mol. The molecule has 0 aliphatic rings. The number of anilines is 2. The van der Waals surface area contributed by atoms with Crippen LogP contribution in [0.5, 0.6) is 0 Å². The number of rotatable bonds is 6. The zero-order valence-corrected chi connectivity index (χ0v) is 18.8. The summed E-state index contributed by atoms with van der Waals surface area (Å²) in [6.07, 6.45) is 0.863. The Morgan fingerprint density at radius 2 is 1.74 bits per heavy atom. The van der Waals surface area contributed by atoms with E-state index in [0.29, 0.717) is 21.4 Å². The van der Waals surface area contributed by atoms with Crippen LogP contribution in [-0.2, 0) is 16.4 Å². The normalized spacial score (nSPS) is 11.4. The Morgan fingerprint density at radius 3 is 2.42 bits per heavy atom. The number of aromatic nitrogens is 1. The largest absolute Gasteiger partial charge is 0.298 e. The van der Waals surface area contributed by atoms with Crippen LogP contribution in [0.3, 0.4) is 0 Å². The number of hydrogen-bond acceptors (Lipinski definition) is 5. The number of amides is 1. The summed E-state index contributed by atoms with van der Waals surface area (Å²) in [6, 6.07) is 18.0. The fraction of sp³-hybridized carbons (Fsp3) is 0.0909. The minimum Gasteiger partial charge on any atom is -0.298 e. The van der Waals surface area contributed by atoms with E-state index in [9.17, 15) is 13.2 Å². The van der Waals surface area contributed by atoms with Gasteiger partial charge in [0.1, 0.15) is 0 Å². The van der Waals surface area contributed by atoms with Crippen molar-refractivity contribution in [2.24, 2.45) is 0 Å². The molecule has 0 atom stereocenters. The number of nitrogens with zero attached hydrogens (tertiary/aromatic N) is 1. The highest BCUT2D eigenvalue weighted by atomic mass is 35.5. The lowest BCUT2D eigenvalue weighted by molar-refractivity contribution is 0.102. The maximum Gasteiger partial charge on any atom is 0.261 e. The number of fused-ring (bicyclic) bond motifs is 1. The zero-order valence-electron chi connectivity index (χ0n) is 16.4. The molecule has 0 bridgehead atoms. The van der Waals surface area contributed by atoms with Gasteiger partial charge in [-0.25, -0.2) is 13.4 Å². The zero-order chi connectivity index (χ0) is 22.0. The number of carbonyl (C=O) groups is 1. The van der Waals surface area contributed by atoms with Crippen molar-refractivity contribution < 1.29 is 13.2 Å². The van der Waals surface area contributed by atoms with Gasteiger partial charge in [-0.2, -0.15) is 0 Å². The van der Waals surface area contributed by atoms with Crippen LogP contribution in [0, 0.1) is 0 Å². The van der Waals surface area contributed by atoms with E-state index in [4.69, 9.17) is 11.6 Å². The predicted octanol–water partition coefficient (Wildman–Crippen LogP) is 5.57. The SMILES string of the molecule is CCc1cccc2sc(NC(=O)c3ccc(NS(=O)(=O)c4ccc(Cl)cc4)cc3)nc12. The van der Waals surface area contributed by atoms with E-state index in [-0.39, 0.29) is 10.8 Å². The second kappa shape index (κ2) is 8.66. The Balaban J connectivity index is 1.48. The van der Waals surface area contributed by atoms with Crippen LogP contribution in [0.25, 0.3) is 10.2 Å². The van der Waals surface area contributed by atoms with Crippen LogP contribution in [0.1, 0.15) is 22.8 Å². The molecule has 0 aliphatic carbocycles. The topological polar surface area (TPSA) is 88.2 Å². The van der Waals surface area contributed by atoms with Crippen molar-refractivity contribution in [3.63, 3.8) is 0 Å². The maximum atomic E-state index is 12.6. The fourth-order valence-corrected chi connectivity index (χ4v) is 5.12. The lowest BCUT2D eigenvalue weighted by atomic mass is 10.1. The molecule has 4 rings (SSSR count). The number of nitrogens with one attached hydrogen (secondary N) is 2. The number of aryl methyl sites for hydroxylation is 1. The highest BCUT2D eigenvalue weighted by Crippen LogP contribution is 2.29. The summed E-state index contributed by atoms with van der Waals surface area (Å²) >= 11 is 7.22. The molecule has 0 radical (unpaired) electrons. The third kappa shape index (κ3) is 4.71. The molecule has 4 aromatic rings. The number of halogens is 1. The number of para-hydroxylation sites is 1. The molecule has 9 heteroatoms. The summed E-state index contributed by atoms with van der Waals surface area (Å²) in [5.74, 6) is -0.316. The predicted molar refractivity (Wildman–Crippen MR) is 126 cm³/mol. The minimum absolute atomic E-state index is 0.0982. The minimum atomic E-state index is -3.75. The molecule has 0 saturated heterocycles. The molecule has 1 amide bonds. The second-order valence-electron chi connectivity index (χ2n) is 6.73. The smallest absolute Gasteiger partial charge is 0.261 e. The van der Waals surface area contributed by atoms with Crippen molar-refractivity contribution >= 4 is 59.9 Å². The molecule has 6 nitrogen and oxygen atoms in total. The molecule has 0 saturated carbocycles. The Kier molecular flexibility index (Phi) is 5.95. The van der Waals surface area contributed by atoms with Gasteiger partial charge < -0.3 is 0 Å². The van der Waals surface area contributed by atoms with Crippen molar-refractivity contribution in [3.05, 3.63) is 82.9 Å². The van der Waals surface area contributed by atoms with Gasteiger partial charge in [-0.3, -0.25) is 14.8 Å². The summed E-state index contributed by atoms with van der Waals surface area (Å²) in [4.78, 5) is 17.2. The molecule has 3 aromatic carbocycles. The van der Waals surface area contributed by atoms with Crippen molar-refractivity contribution in [2.75, 3.05) is 10.0 Å². The van der Waals surface area contributed by atoms with Crippen LogP contribution in [0.2, 0.25) is 5.02 Å². The third-order valence-electron chi connectivity index (χ3n) is 4.63. The first kappa shape index (κ1) is 21.3. The van der Waals surface area contributed by atoms with Crippen molar-refractivity contribution in [3.8, 4) is 0 Å². The first-order valence-corrected chi connectivity index (χ1v) is 12.1. The molecule has 0 spiro atoms. The maximum absolute atomic E-state index is 12.6. The van der Waals surface area contributed by atoms with E-state index in [1.54, 1.807) is 12.1 Å². The molecule has 0 unspecified atom stereocenters. The molecule has 0 aliphatic heterocycles. The number of thiazole rings is 1. The van der Waals surface area contributed by atoms with Crippen molar-refractivity contribution in [1.82, 2.24) is 4.98 Å². The second-order valence-corrected chi connectivity index (χ2v) is 9.88. The molecule has 2 N–H and O–H groups in total. The van der Waals surface area contributed by atoms with Crippen LogP contribution in [0.4, 0.5) is 10.8 Å². The van der Waals surface area contributed by atoms with Gasteiger partial charge in [-0.1, -0.05) is 42.0 Å². The first-order valence-electron chi connectivity index (χ1n) is 9.44. The van der Waals surface area contributed by atoms with Gasteiger partial charge in [0.15, 0.2) is 5.13 Å². The summed E-state index contributed by atoms with van der Waals surface area (Å²) < 4.78 is 28.4. The van der Waals surface area contributed by atoms with Crippen LogP contribution in [-0.4, -0.2) is 19.3 Å². The molecule has 1 aromatic heterocycles. The summed E-state index contributed by atoms with van der Waals surface area (Å²) in [7, 11) is -3.75. The van der Waals surface area contributed by atoms with Gasteiger partial charge in [0.2, 0.25) is 0 Å². The average Bonchev–Trinajstić information content (AvgIpc) is 3.16. The van der Waals surface area contributed by atoms with Crippen LogP contribution < -0.4 is 10.0 Å². The summed E-state index contributed by atoms with van der Waals surface area (Å²) in [5.41, 5.74) is 2.77. The standard InChI is InChI=1S/C22H18ClN3O3S2/c1-2-14-4-3-5-19-20(14)24-22(30-19)25-21(27)15-6-10-17(11-7-15)26-31(28,29)18-12-8-16(23)9-13-18/h3-13,26H,2H2,1H3,(H,24,25,27).